The van der Waals surface area contributed by atoms with Crippen LogP contribution in [0.5, 0.6) is 5.75 Å². The molecule has 0 unspecified atom stereocenters. The first kappa shape index (κ1) is 21.2. The van der Waals surface area contributed by atoms with E-state index < -0.39 is 5.82 Å². The Morgan fingerprint density at radius 3 is 2.94 bits per heavy atom. The molecule has 2 N–H and O–H groups in total. The number of ether oxygens (including phenoxy) is 1. The Labute approximate surface area is 192 Å². The molecule has 7 nitrogen and oxygen atoms in total. The number of nitriles is 1. The van der Waals surface area contributed by atoms with Crippen LogP contribution in [0.2, 0.25) is 0 Å². The number of halogens is 1. The number of hydrogen-bond acceptors (Lipinski definition) is 7. The number of nitrogens with one attached hydrogen (secondary N) is 2. The van der Waals surface area contributed by atoms with Gasteiger partial charge in [-0.2, -0.15) is 5.26 Å². The first-order valence-electron chi connectivity index (χ1n) is 11.1. The Morgan fingerprint density at radius 1 is 1.24 bits per heavy atom. The van der Waals surface area contributed by atoms with E-state index in [0.29, 0.717) is 36.0 Å². The molecule has 1 aromatic heterocycles. The van der Waals surface area contributed by atoms with Gasteiger partial charge < -0.3 is 20.3 Å². The molecule has 2 aliphatic heterocycles. The van der Waals surface area contributed by atoms with Gasteiger partial charge >= 0.3 is 0 Å². The summed E-state index contributed by atoms with van der Waals surface area (Å²) in [6.45, 7) is 7.04. The Balaban J connectivity index is 1.53. The van der Waals surface area contributed by atoms with Gasteiger partial charge in [-0.3, -0.25) is 0 Å². The number of aromatic nitrogens is 2. The predicted octanol–water partition coefficient (Wildman–Crippen LogP) is 4.15. The summed E-state index contributed by atoms with van der Waals surface area (Å²) in [4.78, 5) is 11.0. The van der Waals surface area contributed by atoms with E-state index in [9.17, 15) is 9.65 Å². The normalized spacial score (nSPS) is 14.8. The summed E-state index contributed by atoms with van der Waals surface area (Å²) in [5.41, 5.74) is 5.31. The Kier molecular flexibility index (Phi) is 5.56. The summed E-state index contributed by atoms with van der Waals surface area (Å²) in [5, 5.41) is 16.3. The molecule has 8 heteroatoms. The quantitative estimate of drug-likeness (QED) is 0.625. The van der Waals surface area contributed by atoms with Crippen molar-refractivity contribution < 1.29 is 9.13 Å². The van der Waals surface area contributed by atoms with E-state index >= 15 is 0 Å². The van der Waals surface area contributed by atoms with E-state index in [4.69, 9.17) is 4.74 Å². The Bertz CT molecular complexity index is 1250. The highest BCUT2D eigenvalue weighted by Crippen LogP contribution is 2.39. The molecule has 2 aliphatic rings. The van der Waals surface area contributed by atoms with E-state index in [-0.39, 0.29) is 17.4 Å². The summed E-state index contributed by atoms with van der Waals surface area (Å²) in [6.07, 6.45) is 2.44. The van der Waals surface area contributed by atoms with Crippen molar-refractivity contribution in [3.63, 3.8) is 0 Å². The number of nitrogens with zero attached hydrogens (tertiary/aromatic N) is 4. The third-order valence-electron chi connectivity index (χ3n) is 6.07. The van der Waals surface area contributed by atoms with E-state index in [2.05, 4.69) is 57.6 Å². The number of hydrogen-bond donors (Lipinski definition) is 2. The summed E-state index contributed by atoms with van der Waals surface area (Å²) >= 11 is 0. The van der Waals surface area contributed by atoms with Gasteiger partial charge in [0.05, 0.1) is 29.7 Å². The molecule has 2 aromatic carbocycles. The molecule has 0 saturated heterocycles. The van der Waals surface area contributed by atoms with Crippen LogP contribution in [0.4, 0.5) is 21.7 Å². The molecule has 0 spiro atoms. The molecule has 0 bridgehead atoms. The van der Waals surface area contributed by atoms with Gasteiger partial charge in [0, 0.05) is 23.8 Å². The van der Waals surface area contributed by atoms with Crippen LogP contribution in [0.25, 0.3) is 11.3 Å². The fourth-order valence-corrected chi connectivity index (χ4v) is 4.40. The summed E-state index contributed by atoms with van der Waals surface area (Å²) in [6, 6.07) is 11.7. The molecule has 0 fully saturated rings. The van der Waals surface area contributed by atoms with Crippen molar-refractivity contribution >= 4 is 17.3 Å². The molecule has 0 atom stereocenters. The molecule has 0 amide bonds. The van der Waals surface area contributed by atoms with Gasteiger partial charge in [-0.15, -0.1) is 0 Å². The van der Waals surface area contributed by atoms with Crippen molar-refractivity contribution in [3.8, 4) is 23.1 Å². The van der Waals surface area contributed by atoms with E-state index in [1.54, 1.807) is 0 Å². The van der Waals surface area contributed by atoms with Gasteiger partial charge in [0.2, 0.25) is 5.95 Å². The maximum atomic E-state index is 15.0. The number of benzene rings is 2. The second-order valence-electron chi connectivity index (χ2n) is 8.54. The zero-order valence-electron chi connectivity index (χ0n) is 18.7. The standard InChI is InChI=1S/C25H25FN6O/c1-15(2)32-7-8-33-24-21(26)10-18(11-22(24)32)23-19(12-27)14-29-25(31-23)30-20-4-3-17-13-28-6-5-16(17)9-20/h3-4,9-11,14-15,28H,5-8,13H2,1-2H3,(H,29,30,31). The lowest BCUT2D eigenvalue weighted by molar-refractivity contribution is 0.287. The van der Waals surface area contributed by atoms with Crippen molar-refractivity contribution in [3.05, 3.63) is 59.0 Å². The van der Waals surface area contributed by atoms with Crippen molar-refractivity contribution in [2.45, 2.75) is 32.9 Å². The largest absolute Gasteiger partial charge is 0.486 e. The third kappa shape index (κ3) is 4.08. The molecular weight excluding hydrogens is 419 g/mol. The number of rotatable bonds is 4. The van der Waals surface area contributed by atoms with E-state index in [1.807, 2.05) is 12.1 Å². The Morgan fingerprint density at radius 2 is 2.12 bits per heavy atom. The lowest BCUT2D eigenvalue weighted by atomic mass is 10.0. The van der Waals surface area contributed by atoms with Crippen LogP contribution in [0.15, 0.2) is 36.5 Å². The van der Waals surface area contributed by atoms with Crippen LogP contribution in [0.3, 0.4) is 0 Å². The smallest absolute Gasteiger partial charge is 0.227 e. The zero-order chi connectivity index (χ0) is 22.9. The van der Waals surface area contributed by atoms with E-state index in [1.165, 1.54) is 23.4 Å². The molecule has 0 radical (unpaired) electrons. The van der Waals surface area contributed by atoms with Gasteiger partial charge in [-0.25, -0.2) is 14.4 Å². The molecule has 168 valence electrons. The molecule has 0 saturated carbocycles. The summed E-state index contributed by atoms with van der Waals surface area (Å²) in [7, 11) is 0. The highest BCUT2D eigenvalue weighted by molar-refractivity contribution is 5.75. The maximum absolute atomic E-state index is 15.0. The molecule has 33 heavy (non-hydrogen) atoms. The molecular formula is C25H25FN6O. The van der Waals surface area contributed by atoms with Crippen LogP contribution >= 0.6 is 0 Å². The fourth-order valence-electron chi connectivity index (χ4n) is 4.40. The van der Waals surface area contributed by atoms with Gasteiger partial charge in [-0.05, 0) is 62.2 Å². The minimum Gasteiger partial charge on any atom is -0.486 e. The summed E-state index contributed by atoms with van der Waals surface area (Å²) in [5.74, 6) is 0.134. The molecule has 3 aromatic rings. The average Bonchev–Trinajstić information content (AvgIpc) is 2.83. The maximum Gasteiger partial charge on any atom is 0.227 e. The lowest BCUT2D eigenvalue weighted by Gasteiger charge is -2.34. The first-order chi connectivity index (χ1) is 16.0. The van der Waals surface area contributed by atoms with Crippen molar-refractivity contribution in [2.75, 3.05) is 29.9 Å². The van der Waals surface area contributed by atoms with Gasteiger partial charge in [0.15, 0.2) is 11.6 Å². The molecule has 5 rings (SSSR count). The van der Waals surface area contributed by atoms with E-state index in [0.717, 1.165) is 25.2 Å². The van der Waals surface area contributed by atoms with Crippen molar-refractivity contribution in [2.24, 2.45) is 0 Å². The predicted molar refractivity (Wildman–Crippen MR) is 125 cm³/mol. The van der Waals surface area contributed by atoms with Crippen molar-refractivity contribution in [1.82, 2.24) is 15.3 Å². The number of fused-ring (bicyclic) bond motifs is 2. The van der Waals surface area contributed by atoms with Gasteiger partial charge in [0.25, 0.3) is 0 Å². The molecule has 3 heterocycles. The fraction of sp³-hybridized carbons (Fsp3) is 0.320. The SMILES string of the molecule is CC(C)N1CCOc2c(F)cc(-c3nc(Nc4ccc5c(c4)CCNC5)ncc3C#N)cc21. The first-order valence-corrected chi connectivity index (χ1v) is 11.1. The highest BCUT2D eigenvalue weighted by Gasteiger charge is 2.25. The second-order valence-corrected chi connectivity index (χ2v) is 8.54. The lowest BCUT2D eigenvalue weighted by Crippen LogP contribution is -2.38. The van der Waals surface area contributed by atoms with Crippen LogP contribution in [0.1, 0.15) is 30.5 Å². The minimum atomic E-state index is -0.465. The Hall–Kier alpha value is -3.70. The summed E-state index contributed by atoms with van der Waals surface area (Å²) < 4.78 is 20.6. The second kappa shape index (κ2) is 8.68. The average molecular weight is 445 g/mol. The monoisotopic (exact) mass is 444 g/mol. The molecule has 0 aliphatic carbocycles. The van der Waals surface area contributed by atoms with Crippen LogP contribution in [-0.4, -0.2) is 35.7 Å². The van der Waals surface area contributed by atoms with Crippen LogP contribution in [-0.2, 0) is 13.0 Å². The van der Waals surface area contributed by atoms with Gasteiger partial charge in [0.1, 0.15) is 12.7 Å². The third-order valence-corrected chi connectivity index (χ3v) is 6.07. The topological polar surface area (TPSA) is 86.1 Å². The van der Waals surface area contributed by atoms with Crippen LogP contribution in [0, 0.1) is 17.1 Å². The van der Waals surface area contributed by atoms with Crippen LogP contribution < -0.4 is 20.3 Å². The highest BCUT2D eigenvalue weighted by atomic mass is 19.1. The van der Waals surface area contributed by atoms with Crippen molar-refractivity contribution in [1.29, 1.82) is 5.26 Å². The zero-order valence-corrected chi connectivity index (χ0v) is 18.7. The number of anilines is 3. The minimum absolute atomic E-state index is 0.180. The van der Waals surface area contributed by atoms with Gasteiger partial charge in [-0.1, -0.05) is 6.07 Å².